The van der Waals surface area contributed by atoms with Crippen LogP contribution in [0.5, 0.6) is 0 Å². The number of epoxide rings is 2. The Labute approximate surface area is 268 Å². The lowest BCUT2D eigenvalue weighted by Crippen LogP contribution is -2.46. The first kappa shape index (κ1) is 34.4. The van der Waals surface area contributed by atoms with Crippen LogP contribution in [0.15, 0.2) is 107 Å². The lowest BCUT2D eigenvalue weighted by Gasteiger charge is -2.39. The molecule has 3 heteroatoms. The minimum Gasteiger partial charge on any atom is -0.393 e. The largest absolute Gasteiger partial charge is 0.393 e. The highest BCUT2D eigenvalue weighted by Gasteiger charge is 2.75. The molecule has 2 heterocycles. The summed E-state index contributed by atoms with van der Waals surface area (Å²) < 4.78 is 12.7. The van der Waals surface area contributed by atoms with Crippen LogP contribution in [0.4, 0.5) is 0 Å². The Morgan fingerprint density at radius 2 is 0.932 bits per heavy atom. The van der Waals surface area contributed by atoms with Crippen LogP contribution >= 0.6 is 0 Å². The summed E-state index contributed by atoms with van der Waals surface area (Å²) in [5.74, 6) is 0.708. The molecule has 0 aromatic heterocycles. The Balaban J connectivity index is 1.25. The summed E-state index contributed by atoms with van der Waals surface area (Å²) in [7, 11) is 0. The highest BCUT2D eigenvalue weighted by Crippen LogP contribution is 2.67. The van der Waals surface area contributed by atoms with Gasteiger partial charge in [0.25, 0.3) is 0 Å². The van der Waals surface area contributed by atoms with Gasteiger partial charge in [-0.25, -0.2) is 0 Å². The maximum absolute atomic E-state index is 10.3. The van der Waals surface area contributed by atoms with Gasteiger partial charge in [0.05, 0.1) is 6.10 Å². The summed E-state index contributed by atoms with van der Waals surface area (Å²) >= 11 is 0. The first-order valence-electron chi connectivity index (χ1n) is 16.6. The average Bonchev–Trinajstić information content (AvgIpc) is 3.73. The smallest absolute Gasteiger partial charge is 0.121 e. The zero-order chi connectivity index (χ0) is 32.6. The van der Waals surface area contributed by atoms with Gasteiger partial charge in [0.1, 0.15) is 22.4 Å². The van der Waals surface area contributed by atoms with Crippen LogP contribution < -0.4 is 0 Å². The Morgan fingerprint density at radius 1 is 0.545 bits per heavy atom. The molecule has 1 N–H and O–H groups in total. The van der Waals surface area contributed by atoms with E-state index in [9.17, 15) is 5.11 Å². The topological polar surface area (TPSA) is 45.3 Å². The molecule has 4 rings (SSSR count). The minimum absolute atomic E-state index is 0.0188. The van der Waals surface area contributed by atoms with Crippen LogP contribution in [0.25, 0.3) is 0 Å². The van der Waals surface area contributed by atoms with E-state index in [4.69, 9.17) is 9.47 Å². The van der Waals surface area contributed by atoms with E-state index in [0.29, 0.717) is 12.3 Å². The third kappa shape index (κ3) is 6.86. The maximum Gasteiger partial charge on any atom is 0.121 e. The van der Waals surface area contributed by atoms with Gasteiger partial charge in [0.2, 0.25) is 0 Å². The molecule has 0 aromatic rings. The van der Waals surface area contributed by atoms with E-state index >= 15 is 0 Å². The standard InChI is InChI=1S/C41H58O3/c1-30(18-14-20-32(3)22-24-40-36(6,7)26-34(5)27-38(40,10)43-40)16-12-13-17-31(2)19-15-21-33(4)23-25-41-37(8,9)28-35(42)29-39(41,11)44-41/h12-25,34-35,42H,26-29H2,1-11H3/t34-,35-,38+,39+,40-,41-/m0/s1. The van der Waals surface area contributed by atoms with Gasteiger partial charge in [-0.1, -0.05) is 130 Å². The number of ether oxygens (including phenoxy) is 2. The zero-order valence-corrected chi connectivity index (χ0v) is 29.3. The highest BCUT2D eigenvalue weighted by atomic mass is 16.6. The van der Waals surface area contributed by atoms with Crippen LogP contribution in [0, 0.1) is 16.7 Å². The van der Waals surface area contributed by atoms with Crippen molar-refractivity contribution >= 4 is 0 Å². The molecule has 240 valence electrons. The van der Waals surface area contributed by atoms with E-state index in [0.717, 1.165) is 12.8 Å². The van der Waals surface area contributed by atoms with Gasteiger partial charge >= 0.3 is 0 Å². The molecular formula is C41H58O3. The summed E-state index contributed by atoms with van der Waals surface area (Å²) in [6, 6.07) is 0. The van der Waals surface area contributed by atoms with Gasteiger partial charge in [-0.3, -0.25) is 0 Å². The normalized spacial score (nSPS) is 39.2. The molecule has 2 saturated heterocycles. The molecular weight excluding hydrogens is 540 g/mol. The quantitative estimate of drug-likeness (QED) is 0.201. The van der Waals surface area contributed by atoms with Crippen LogP contribution in [0.3, 0.4) is 0 Å². The van der Waals surface area contributed by atoms with Gasteiger partial charge in [0.15, 0.2) is 0 Å². The van der Waals surface area contributed by atoms with Crippen molar-refractivity contribution in [3.63, 3.8) is 0 Å². The molecule has 0 unspecified atom stereocenters. The number of hydrogen-bond acceptors (Lipinski definition) is 3. The van der Waals surface area contributed by atoms with Crippen molar-refractivity contribution in [2.24, 2.45) is 16.7 Å². The summed E-state index contributed by atoms with van der Waals surface area (Å²) in [5.41, 5.74) is 4.15. The lowest BCUT2D eigenvalue weighted by molar-refractivity contribution is 0.0515. The van der Waals surface area contributed by atoms with Gasteiger partial charge in [-0.15, -0.1) is 0 Å². The predicted octanol–water partition coefficient (Wildman–Crippen LogP) is 10.2. The Hall–Kier alpha value is -2.46. The minimum atomic E-state index is -0.287. The molecule has 6 atom stereocenters. The molecule has 2 saturated carbocycles. The highest BCUT2D eigenvalue weighted by molar-refractivity contribution is 5.38. The van der Waals surface area contributed by atoms with Crippen LogP contribution in [0.2, 0.25) is 0 Å². The maximum atomic E-state index is 10.3. The summed E-state index contributed by atoms with van der Waals surface area (Å²) in [4.78, 5) is 0. The Morgan fingerprint density at radius 3 is 1.36 bits per heavy atom. The van der Waals surface area contributed by atoms with E-state index in [-0.39, 0.29) is 39.3 Å². The molecule has 0 radical (unpaired) electrons. The number of aliphatic hydroxyl groups is 1. The van der Waals surface area contributed by atoms with E-state index in [1.165, 1.54) is 28.7 Å². The molecule has 2 aliphatic heterocycles. The van der Waals surface area contributed by atoms with E-state index < -0.39 is 0 Å². The molecule has 44 heavy (non-hydrogen) atoms. The molecule has 2 aliphatic carbocycles. The van der Waals surface area contributed by atoms with E-state index in [1.807, 2.05) is 0 Å². The molecule has 4 fully saturated rings. The predicted molar refractivity (Wildman–Crippen MR) is 186 cm³/mol. The van der Waals surface area contributed by atoms with Crippen molar-refractivity contribution in [3.05, 3.63) is 107 Å². The Bertz CT molecular complexity index is 1270. The van der Waals surface area contributed by atoms with Crippen molar-refractivity contribution in [2.45, 2.75) is 130 Å². The fourth-order valence-electron chi connectivity index (χ4n) is 8.49. The van der Waals surface area contributed by atoms with Gasteiger partial charge in [0, 0.05) is 17.3 Å². The van der Waals surface area contributed by atoms with Crippen molar-refractivity contribution in [2.75, 3.05) is 0 Å². The fraction of sp³-hybridized carbons (Fsp3) is 0.561. The van der Waals surface area contributed by atoms with Gasteiger partial charge < -0.3 is 14.6 Å². The second-order valence-corrected chi connectivity index (χ2v) is 15.9. The molecule has 0 aromatic carbocycles. The third-order valence-electron chi connectivity index (χ3n) is 10.7. The zero-order valence-electron chi connectivity index (χ0n) is 29.3. The number of rotatable bonds is 10. The summed E-state index contributed by atoms with van der Waals surface area (Å²) in [6.07, 6.45) is 33.7. The second kappa shape index (κ2) is 12.4. The van der Waals surface area contributed by atoms with E-state index in [1.54, 1.807) is 0 Å². The number of hydrogen-bond donors (Lipinski definition) is 1. The fourth-order valence-corrected chi connectivity index (χ4v) is 8.49. The van der Waals surface area contributed by atoms with Crippen molar-refractivity contribution in [1.82, 2.24) is 0 Å². The summed E-state index contributed by atoms with van der Waals surface area (Å²) in [5, 5.41) is 10.3. The second-order valence-electron chi connectivity index (χ2n) is 15.9. The van der Waals surface area contributed by atoms with Gasteiger partial charge in [-0.05, 0) is 78.9 Å². The number of aliphatic hydroxyl groups excluding tert-OH is 1. The molecule has 3 nitrogen and oxygen atoms in total. The van der Waals surface area contributed by atoms with Crippen LogP contribution in [-0.2, 0) is 9.47 Å². The third-order valence-corrected chi connectivity index (χ3v) is 10.7. The number of allylic oxidation sites excluding steroid dienone is 16. The SMILES string of the molecule is CC(C=CC=C(C)C=C[C@@]12O[C@]1(C)C[C@@H](C)CC2(C)C)=CC=CC=C(C)C=CC=C(C)C=C[C@@]12O[C@]1(C)C[C@@H](O)CC2(C)C. The first-order valence-corrected chi connectivity index (χ1v) is 16.6. The van der Waals surface area contributed by atoms with Crippen LogP contribution in [-0.4, -0.2) is 33.6 Å². The first-order chi connectivity index (χ1) is 20.4. The van der Waals surface area contributed by atoms with Gasteiger partial charge in [-0.2, -0.15) is 0 Å². The molecule has 4 aliphatic rings. The van der Waals surface area contributed by atoms with Crippen molar-refractivity contribution in [1.29, 1.82) is 0 Å². The molecule has 0 amide bonds. The van der Waals surface area contributed by atoms with Crippen molar-refractivity contribution < 1.29 is 14.6 Å². The Kier molecular flexibility index (Phi) is 9.69. The number of fused-ring (bicyclic) bond motifs is 2. The van der Waals surface area contributed by atoms with Crippen LogP contribution in [0.1, 0.15) is 102 Å². The molecule has 0 bridgehead atoms. The summed E-state index contributed by atoms with van der Waals surface area (Å²) in [6.45, 7) is 24.4. The van der Waals surface area contributed by atoms with Crippen molar-refractivity contribution in [3.8, 4) is 0 Å². The molecule has 0 spiro atoms. The lowest BCUT2D eigenvalue weighted by atomic mass is 9.61. The monoisotopic (exact) mass is 598 g/mol. The van der Waals surface area contributed by atoms with E-state index in [2.05, 4.69) is 161 Å². The average molecular weight is 599 g/mol.